The molecule has 2 aromatic carbocycles. The van der Waals surface area contributed by atoms with Crippen LogP contribution in [-0.2, 0) is 19.4 Å². The maximum Gasteiger partial charge on any atom is 0.0827 e. The van der Waals surface area contributed by atoms with E-state index in [4.69, 9.17) is 0 Å². The van der Waals surface area contributed by atoms with Crippen LogP contribution in [-0.4, -0.2) is 28.1 Å². The lowest BCUT2D eigenvalue weighted by molar-refractivity contribution is 0.604. The van der Waals surface area contributed by atoms with Gasteiger partial charge in [-0.05, 0) is 43.7 Å². The van der Waals surface area contributed by atoms with Crippen LogP contribution in [0.4, 0.5) is 0 Å². The van der Waals surface area contributed by atoms with Gasteiger partial charge < -0.3 is 10.6 Å². The van der Waals surface area contributed by atoms with E-state index in [0.29, 0.717) is 6.54 Å². The molecule has 1 heterocycles. The smallest absolute Gasteiger partial charge is 0.0827 e. The first-order valence-corrected chi connectivity index (χ1v) is 11.6. The van der Waals surface area contributed by atoms with Crippen molar-refractivity contribution in [1.82, 2.24) is 25.6 Å². The summed E-state index contributed by atoms with van der Waals surface area (Å²) in [4.78, 5) is 0. The molecule has 0 saturated heterocycles. The molecule has 0 atom stereocenters. The highest BCUT2D eigenvalue weighted by Gasteiger charge is 2.06. The first-order valence-electron chi connectivity index (χ1n) is 11.6. The topological polar surface area (TPSA) is 54.8 Å². The van der Waals surface area contributed by atoms with Gasteiger partial charge in [-0.3, -0.25) is 0 Å². The van der Waals surface area contributed by atoms with Crippen LogP contribution >= 0.6 is 0 Å². The van der Waals surface area contributed by atoms with Gasteiger partial charge in [-0.2, -0.15) is 0 Å². The average molecular weight is 442 g/mol. The second-order valence-corrected chi connectivity index (χ2v) is 8.36. The Morgan fingerprint density at radius 3 is 2.33 bits per heavy atom. The van der Waals surface area contributed by atoms with E-state index < -0.39 is 0 Å². The van der Waals surface area contributed by atoms with Crippen LogP contribution in [0.5, 0.6) is 0 Å². The number of hydrogen-bond donors (Lipinski definition) is 2. The van der Waals surface area contributed by atoms with Crippen LogP contribution < -0.4 is 10.6 Å². The largest absolute Gasteiger partial charge is 0.387 e. The molecule has 0 fully saturated rings. The van der Waals surface area contributed by atoms with E-state index >= 15 is 0 Å². The van der Waals surface area contributed by atoms with Crippen molar-refractivity contribution in [3.05, 3.63) is 109 Å². The highest BCUT2D eigenvalue weighted by Crippen LogP contribution is 2.21. The SMILES string of the molecule is C=C(Cn1cc(CCCCNC(=C)c2ccccc2C(=C)C)nn1)NCCc1ccccc1. The quantitative estimate of drug-likeness (QED) is 0.336. The van der Waals surface area contributed by atoms with Gasteiger partial charge in [-0.1, -0.05) is 85.1 Å². The van der Waals surface area contributed by atoms with Crippen LogP contribution in [0.1, 0.15) is 42.1 Å². The fourth-order valence-electron chi connectivity index (χ4n) is 3.69. The first kappa shape index (κ1) is 24.1. The second kappa shape index (κ2) is 12.4. The van der Waals surface area contributed by atoms with Crippen LogP contribution in [0.25, 0.3) is 11.3 Å². The maximum atomic E-state index is 4.30. The van der Waals surface area contributed by atoms with E-state index in [2.05, 4.69) is 77.1 Å². The number of hydrogen-bond acceptors (Lipinski definition) is 4. The highest BCUT2D eigenvalue weighted by atomic mass is 15.4. The predicted octanol–water partition coefficient (Wildman–Crippen LogP) is 5.24. The molecule has 0 saturated carbocycles. The monoisotopic (exact) mass is 441 g/mol. The van der Waals surface area contributed by atoms with Gasteiger partial charge in [-0.25, -0.2) is 4.68 Å². The summed E-state index contributed by atoms with van der Waals surface area (Å²) in [5.74, 6) is 0. The van der Waals surface area contributed by atoms with Crippen LogP contribution in [0.2, 0.25) is 0 Å². The number of nitrogens with zero attached hydrogens (tertiary/aromatic N) is 3. The number of nitrogens with one attached hydrogen (secondary N) is 2. The van der Waals surface area contributed by atoms with Gasteiger partial charge in [0.1, 0.15) is 0 Å². The molecule has 0 radical (unpaired) electrons. The molecular formula is C28H35N5. The molecular weight excluding hydrogens is 406 g/mol. The van der Waals surface area contributed by atoms with Gasteiger partial charge in [0, 0.05) is 36.2 Å². The molecule has 0 amide bonds. The first-order chi connectivity index (χ1) is 16.0. The Labute approximate surface area is 197 Å². The Hall–Kier alpha value is -3.60. The summed E-state index contributed by atoms with van der Waals surface area (Å²) in [6.07, 6.45) is 5.97. The zero-order chi connectivity index (χ0) is 23.5. The van der Waals surface area contributed by atoms with E-state index in [-0.39, 0.29) is 0 Å². The zero-order valence-electron chi connectivity index (χ0n) is 19.7. The minimum absolute atomic E-state index is 0.630. The lowest BCUT2D eigenvalue weighted by Crippen LogP contribution is -2.19. The minimum Gasteiger partial charge on any atom is -0.387 e. The molecule has 0 aliphatic rings. The van der Waals surface area contributed by atoms with Crippen molar-refractivity contribution in [2.45, 2.75) is 39.2 Å². The van der Waals surface area contributed by atoms with Gasteiger partial charge in [-0.15, -0.1) is 5.10 Å². The summed E-state index contributed by atoms with van der Waals surface area (Å²) in [5.41, 5.74) is 7.52. The van der Waals surface area contributed by atoms with E-state index in [1.807, 2.05) is 36.0 Å². The lowest BCUT2D eigenvalue weighted by Gasteiger charge is -2.14. The third-order valence-electron chi connectivity index (χ3n) is 5.48. The van der Waals surface area contributed by atoms with E-state index in [0.717, 1.165) is 72.6 Å². The molecule has 0 unspecified atom stereocenters. The van der Waals surface area contributed by atoms with Crippen molar-refractivity contribution in [1.29, 1.82) is 0 Å². The third-order valence-corrected chi connectivity index (χ3v) is 5.48. The number of benzene rings is 2. The molecule has 1 aromatic heterocycles. The van der Waals surface area contributed by atoms with Crippen molar-refractivity contribution < 1.29 is 0 Å². The summed E-state index contributed by atoms with van der Waals surface area (Å²) in [7, 11) is 0. The number of aromatic nitrogens is 3. The lowest BCUT2D eigenvalue weighted by atomic mass is 10.00. The molecule has 172 valence electrons. The van der Waals surface area contributed by atoms with Gasteiger partial charge in [0.2, 0.25) is 0 Å². The molecule has 3 rings (SSSR count). The van der Waals surface area contributed by atoms with E-state index in [9.17, 15) is 0 Å². The van der Waals surface area contributed by atoms with Gasteiger partial charge in [0.25, 0.3) is 0 Å². The Morgan fingerprint density at radius 1 is 0.848 bits per heavy atom. The summed E-state index contributed by atoms with van der Waals surface area (Å²) in [6.45, 7) is 16.8. The van der Waals surface area contributed by atoms with Gasteiger partial charge in [0.05, 0.1) is 12.2 Å². The molecule has 2 N–H and O–H groups in total. The van der Waals surface area contributed by atoms with Crippen molar-refractivity contribution in [3.8, 4) is 0 Å². The van der Waals surface area contributed by atoms with Crippen molar-refractivity contribution in [2.24, 2.45) is 0 Å². The number of allylic oxidation sites excluding steroid dienone is 2. The molecule has 0 aliphatic carbocycles. The molecule has 5 nitrogen and oxygen atoms in total. The van der Waals surface area contributed by atoms with Crippen LogP contribution in [0.3, 0.4) is 0 Å². The van der Waals surface area contributed by atoms with Crippen LogP contribution in [0, 0.1) is 0 Å². The fraction of sp³-hybridized carbons (Fsp3) is 0.286. The molecule has 0 aliphatic heterocycles. The summed E-state index contributed by atoms with van der Waals surface area (Å²) in [6, 6.07) is 18.7. The number of aryl methyl sites for hydroxylation is 1. The Kier molecular flexibility index (Phi) is 9.07. The zero-order valence-corrected chi connectivity index (χ0v) is 19.7. The Morgan fingerprint density at radius 2 is 1.58 bits per heavy atom. The highest BCUT2D eigenvalue weighted by molar-refractivity contribution is 5.76. The maximum absolute atomic E-state index is 4.30. The summed E-state index contributed by atoms with van der Waals surface area (Å²) in [5, 5.41) is 15.4. The predicted molar refractivity (Wildman–Crippen MR) is 138 cm³/mol. The third kappa shape index (κ3) is 7.79. The molecule has 3 aromatic rings. The van der Waals surface area contributed by atoms with E-state index in [1.54, 1.807) is 0 Å². The van der Waals surface area contributed by atoms with Crippen molar-refractivity contribution in [3.63, 3.8) is 0 Å². The molecule has 0 bridgehead atoms. The molecule has 5 heteroatoms. The minimum atomic E-state index is 0.630. The van der Waals surface area contributed by atoms with Crippen LogP contribution in [0.15, 0.2) is 86.2 Å². The summed E-state index contributed by atoms with van der Waals surface area (Å²) >= 11 is 0. The fourth-order valence-corrected chi connectivity index (χ4v) is 3.69. The number of unbranched alkanes of at least 4 members (excludes halogenated alkanes) is 1. The Bertz CT molecular complexity index is 1060. The second-order valence-electron chi connectivity index (χ2n) is 8.36. The van der Waals surface area contributed by atoms with Gasteiger partial charge in [0.15, 0.2) is 0 Å². The average Bonchev–Trinajstić information content (AvgIpc) is 3.26. The summed E-state index contributed by atoms with van der Waals surface area (Å²) < 4.78 is 1.85. The molecule has 0 spiro atoms. The number of rotatable bonds is 14. The standard InChI is InChI=1S/C28H35N5/c1-22(2)27-15-8-9-16-28(27)24(4)30-18-11-10-14-26-21-33(32-31-26)20-23(3)29-19-17-25-12-6-5-7-13-25/h5-9,12-13,15-16,21,29-30H,1,3-4,10-11,14,17-20H2,2H3. The van der Waals surface area contributed by atoms with E-state index in [1.165, 1.54) is 5.56 Å². The van der Waals surface area contributed by atoms with Gasteiger partial charge >= 0.3 is 0 Å². The Balaban J connectivity index is 1.33. The normalized spacial score (nSPS) is 10.6. The van der Waals surface area contributed by atoms with Crippen molar-refractivity contribution in [2.75, 3.05) is 13.1 Å². The van der Waals surface area contributed by atoms with Crippen molar-refractivity contribution >= 4 is 11.3 Å². The molecule has 33 heavy (non-hydrogen) atoms.